The Bertz CT molecular complexity index is 433. The standard InChI is InChI=1S/C15H22O2Si/c1-14-9-10-15(17-14,11-16-14)12-18(2,3)13-7-5-4-6-8-13/h4-8H,9-12H2,1-3H3/t14-,15+/m1/s1. The predicted molar refractivity (Wildman–Crippen MR) is 75.8 cm³/mol. The van der Waals surface area contributed by atoms with E-state index in [4.69, 9.17) is 9.47 Å². The molecule has 0 saturated carbocycles. The molecular weight excluding hydrogens is 240 g/mol. The summed E-state index contributed by atoms with van der Waals surface area (Å²) in [6, 6.07) is 12.1. The maximum Gasteiger partial charge on any atom is 0.166 e. The van der Waals surface area contributed by atoms with Crippen molar-refractivity contribution in [1.29, 1.82) is 0 Å². The van der Waals surface area contributed by atoms with Crippen LogP contribution in [0.5, 0.6) is 0 Å². The van der Waals surface area contributed by atoms with Gasteiger partial charge in [0.2, 0.25) is 0 Å². The smallest absolute Gasteiger partial charge is 0.166 e. The summed E-state index contributed by atoms with van der Waals surface area (Å²) in [7, 11) is -1.45. The van der Waals surface area contributed by atoms with Gasteiger partial charge in [-0.25, -0.2) is 0 Å². The zero-order valence-corrected chi connectivity index (χ0v) is 12.5. The minimum atomic E-state index is -1.45. The third-order valence-corrected chi connectivity index (χ3v) is 7.85. The van der Waals surface area contributed by atoms with Crippen LogP contribution in [-0.4, -0.2) is 26.1 Å². The van der Waals surface area contributed by atoms with Crippen LogP contribution in [0.25, 0.3) is 0 Å². The fourth-order valence-corrected chi connectivity index (χ4v) is 6.74. The van der Waals surface area contributed by atoms with Crippen LogP contribution >= 0.6 is 0 Å². The van der Waals surface area contributed by atoms with E-state index in [0.717, 1.165) is 19.4 Å². The molecule has 0 radical (unpaired) electrons. The lowest BCUT2D eigenvalue weighted by Crippen LogP contribution is -2.48. The SMILES string of the molecule is C[C@@]12CC[C@@](C[Si](C)(C)c3ccccc3)(CO1)O2. The summed E-state index contributed by atoms with van der Waals surface area (Å²) < 4.78 is 12.0. The zero-order valence-electron chi connectivity index (χ0n) is 11.5. The molecule has 0 aliphatic carbocycles. The highest BCUT2D eigenvalue weighted by Crippen LogP contribution is 2.49. The summed E-state index contributed by atoms with van der Waals surface area (Å²) in [6.45, 7) is 7.74. The van der Waals surface area contributed by atoms with E-state index in [1.54, 1.807) is 0 Å². The van der Waals surface area contributed by atoms with Crippen LogP contribution in [0.4, 0.5) is 0 Å². The quantitative estimate of drug-likeness (QED) is 0.780. The van der Waals surface area contributed by atoms with Gasteiger partial charge in [-0.05, 0) is 19.4 Å². The van der Waals surface area contributed by atoms with Gasteiger partial charge in [0.15, 0.2) is 5.79 Å². The van der Waals surface area contributed by atoms with Crippen LogP contribution < -0.4 is 5.19 Å². The van der Waals surface area contributed by atoms with Crippen molar-refractivity contribution in [2.75, 3.05) is 6.61 Å². The largest absolute Gasteiger partial charge is 0.347 e. The normalized spacial score (nSPS) is 35.1. The molecule has 3 heteroatoms. The Morgan fingerprint density at radius 1 is 1.17 bits per heavy atom. The van der Waals surface area contributed by atoms with Crippen molar-refractivity contribution in [3.8, 4) is 0 Å². The lowest BCUT2D eigenvalue weighted by molar-refractivity contribution is -0.136. The van der Waals surface area contributed by atoms with Crippen LogP contribution in [0.3, 0.4) is 0 Å². The maximum atomic E-state index is 6.22. The van der Waals surface area contributed by atoms with E-state index in [9.17, 15) is 0 Å². The molecule has 0 amide bonds. The molecule has 0 unspecified atom stereocenters. The van der Waals surface area contributed by atoms with Gasteiger partial charge in [0.1, 0.15) is 0 Å². The first-order valence-corrected chi connectivity index (χ1v) is 10.0. The van der Waals surface area contributed by atoms with Gasteiger partial charge in [-0.3, -0.25) is 0 Å². The molecule has 1 aromatic rings. The molecule has 2 aliphatic heterocycles. The zero-order chi connectivity index (χ0) is 12.9. The minimum absolute atomic E-state index is 0.000311. The second-order valence-electron chi connectivity index (χ2n) is 6.63. The Balaban J connectivity index is 1.81. The van der Waals surface area contributed by atoms with E-state index < -0.39 is 8.07 Å². The van der Waals surface area contributed by atoms with Crippen molar-refractivity contribution < 1.29 is 9.47 Å². The molecule has 2 nitrogen and oxygen atoms in total. The second kappa shape index (κ2) is 3.92. The Hall–Kier alpha value is -0.643. The average Bonchev–Trinajstić information content (AvgIpc) is 2.82. The summed E-state index contributed by atoms with van der Waals surface area (Å²) in [6.07, 6.45) is 2.21. The molecule has 1 aromatic carbocycles. The summed E-state index contributed by atoms with van der Waals surface area (Å²) in [5.74, 6) is -0.291. The summed E-state index contributed by atoms with van der Waals surface area (Å²) in [5, 5.41) is 1.52. The van der Waals surface area contributed by atoms with Crippen molar-refractivity contribution in [2.24, 2.45) is 0 Å². The predicted octanol–water partition coefficient (Wildman–Crippen LogP) is 2.90. The highest BCUT2D eigenvalue weighted by atomic mass is 28.3. The molecule has 2 bridgehead atoms. The van der Waals surface area contributed by atoms with E-state index >= 15 is 0 Å². The number of hydrogen-bond acceptors (Lipinski definition) is 2. The summed E-state index contributed by atoms with van der Waals surface area (Å²) >= 11 is 0. The van der Waals surface area contributed by atoms with Gasteiger partial charge >= 0.3 is 0 Å². The molecule has 2 atom stereocenters. The number of fused-ring (bicyclic) bond motifs is 2. The Kier molecular flexibility index (Phi) is 2.70. The second-order valence-corrected chi connectivity index (χ2v) is 11.3. The average molecular weight is 262 g/mol. The summed E-state index contributed by atoms with van der Waals surface area (Å²) in [4.78, 5) is 0. The van der Waals surface area contributed by atoms with E-state index in [2.05, 4.69) is 50.3 Å². The maximum absolute atomic E-state index is 6.22. The Morgan fingerprint density at radius 2 is 1.89 bits per heavy atom. The van der Waals surface area contributed by atoms with Gasteiger partial charge in [0.25, 0.3) is 0 Å². The van der Waals surface area contributed by atoms with Crippen LogP contribution in [0.2, 0.25) is 19.1 Å². The molecule has 0 N–H and O–H groups in total. The highest BCUT2D eigenvalue weighted by molar-refractivity contribution is 6.90. The topological polar surface area (TPSA) is 18.5 Å². The third kappa shape index (κ3) is 2.04. The van der Waals surface area contributed by atoms with Crippen molar-refractivity contribution in [3.05, 3.63) is 30.3 Å². The molecule has 2 fully saturated rings. The molecular formula is C15H22O2Si. The van der Waals surface area contributed by atoms with Crippen LogP contribution in [0.1, 0.15) is 19.8 Å². The molecule has 2 heterocycles. The molecule has 0 aromatic heterocycles. The fraction of sp³-hybridized carbons (Fsp3) is 0.600. The Morgan fingerprint density at radius 3 is 2.39 bits per heavy atom. The molecule has 0 spiro atoms. The Labute approximate surface area is 110 Å². The first kappa shape index (κ1) is 12.4. The van der Waals surface area contributed by atoms with Gasteiger partial charge in [0.05, 0.1) is 20.3 Å². The number of benzene rings is 1. The van der Waals surface area contributed by atoms with E-state index in [1.807, 2.05) is 0 Å². The number of rotatable bonds is 3. The molecule has 2 saturated heterocycles. The van der Waals surface area contributed by atoms with Gasteiger partial charge in [-0.2, -0.15) is 0 Å². The lowest BCUT2D eigenvalue weighted by Gasteiger charge is -2.32. The summed E-state index contributed by atoms with van der Waals surface area (Å²) in [5.41, 5.74) is 0.000311. The highest BCUT2D eigenvalue weighted by Gasteiger charge is 2.56. The van der Waals surface area contributed by atoms with Gasteiger partial charge < -0.3 is 9.47 Å². The van der Waals surface area contributed by atoms with E-state index in [1.165, 1.54) is 11.2 Å². The number of hydrogen-bond donors (Lipinski definition) is 0. The lowest BCUT2D eigenvalue weighted by atomic mass is 10.0. The molecule has 3 rings (SSSR count). The van der Waals surface area contributed by atoms with Crippen molar-refractivity contribution in [3.63, 3.8) is 0 Å². The third-order valence-electron chi connectivity index (χ3n) is 4.43. The minimum Gasteiger partial charge on any atom is -0.347 e. The van der Waals surface area contributed by atoms with Crippen LogP contribution in [0, 0.1) is 0 Å². The van der Waals surface area contributed by atoms with Gasteiger partial charge in [0, 0.05) is 6.42 Å². The molecule has 98 valence electrons. The van der Waals surface area contributed by atoms with Crippen LogP contribution in [0.15, 0.2) is 30.3 Å². The number of ether oxygens (including phenoxy) is 2. The van der Waals surface area contributed by atoms with E-state index in [-0.39, 0.29) is 11.4 Å². The first-order valence-electron chi connectivity index (χ1n) is 6.83. The molecule has 18 heavy (non-hydrogen) atoms. The van der Waals surface area contributed by atoms with E-state index in [0.29, 0.717) is 0 Å². The van der Waals surface area contributed by atoms with Crippen molar-refractivity contribution in [1.82, 2.24) is 0 Å². The van der Waals surface area contributed by atoms with Gasteiger partial charge in [-0.15, -0.1) is 0 Å². The first-order chi connectivity index (χ1) is 8.43. The van der Waals surface area contributed by atoms with Crippen LogP contribution in [-0.2, 0) is 9.47 Å². The monoisotopic (exact) mass is 262 g/mol. The van der Waals surface area contributed by atoms with Crippen molar-refractivity contribution >= 4 is 13.3 Å². The van der Waals surface area contributed by atoms with Crippen molar-refractivity contribution in [2.45, 2.75) is 50.3 Å². The fourth-order valence-electron chi connectivity index (χ4n) is 3.47. The molecule has 2 aliphatic rings. The van der Waals surface area contributed by atoms with Gasteiger partial charge in [-0.1, -0.05) is 48.6 Å².